The Morgan fingerprint density at radius 2 is 1.47 bits per heavy atom. The number of nitrogens with two attached hydrogens (primary N) is 2. The third-order valence-electron chi connectivity index (χ3n) is 3.23. The van der Waals surface area contributed by atoms with Crippen molar-refractivity contribution >= 4 is 0 Å². The normalized spacial score (nSPS) is 15.8. The van der Waals surface area contributed by atoms with E-state index < -0.39 is 0 Å². The van der Waals surface area contributed by atoms with Crippen LogP contribution in [0.1, 0.15) is 24.3 Å². The number of rotatable bonds is 8. The fourth-order valence-corrected chi connectivity index (χ4v) is 2.12. The average molecular weight is 268 g/mol. The van der Waals surface area contributed by atoms with Gasteiger partial charge >= 0.3 is 0 Å². The van der Waals surface area contributed by atoms with E-state index in [-0.39, 0.29) is 31.2 Å². The zero-order chi connectivity index (χ0) is 14.3. The highest BCUT2D eigenvalue weighted by Gasteiger charge is 2.18. The molecule has 108 valence electrons. The number of aliphatic hydroxyl groups excluding tert-OH is 2. The van der Waals surface area contributed by atoms with Crippen molar-refractivity contribution in [3.05, 3.63) is 29.8 Å². The van der Waals surface area contributed by atoms with Crippen LogP contribution in [0, 0.1) is 0 Å². The van der Waals surface area contributed by atoms with Crippen molar-refractivity contribution in [3.63, 3.8) is 0 Å². The molecule has 0 saturated heterocycles. The summed E-state index contributed by atoms with van der Waals surface area (Å²) in [6, 6.07) is 7.15. The van der Waals surface area contributed by atoms with E-state index in [0.717, 1.165) is 11.3 Å². The Morgan fingerprint density at radius 3 is 1.84 bits per heavy atom. The third-order valence-corrected chi connectivity index (χ3v) is 3.23. The minimum atomic E-state index is -0.280. The van der Waals surface area contributed by atoms with Gasteiger partial charge in [0, 0.05) is 12.1 Å². The van der Waals surface area contributed by atoms with Crippen LogP contribution in [0.4, 0.5) is 0 Å². The molecule has 0 heterocycles. The van der Waals surface area contributed by atoms with Crippen molar-refractivity contribution in [2.24, 2.45) is 11.5 Å². The smallest absolute Gasteiger partial charge is 0.118 e. The highest BCUT2D eigenvalue weighted by molar-refractivity contribution is 5.29. The molecule has 0 aliphatic rings. The van der Waals surface area contributed by atoms with E-state index in [1.807, 2.05) is 24.3 Å². The lowest BCUT2D eigenvalue weighted by molar-refractivity contribution is 0.235. The van der Waals surface area contributed by atoms with Gasteiger partial charge < -0.3 is 26.4 Å². The summed E-state index contributed by atoms with van der Waals surface area (Å²) in [5.74, 6) is 0.913. The number of methoxy groups -OCH3 is 1. The Bertz CT molecular complexity index is 344. The van der Waals surface area contributed by atoms with Crippen molar-refractivity contribution < 1.29 is 14.9 Å². The molecule has 6 N–H and O–H groups in total. The quantitative estimate of drug-likeness (QED) is 0.539. The van der Waals surface area contributed by atoms with E-state index in [4.69, 9.17) is 26.4 Å². The molecule has 0 saturated carbocycles. The maximum absolute atomic E-state index is 9.08. The fourth-order valence-electron chi connectivity index (χ4n) is 2.12. The Labute approximate surface area is 114 Å². The van der Waals surface area contributed by atoms with Crippen molar-refractivity contribution in [1.82, 2.24) is 0 Å². The Balaban J connectivity index is 2.80. The number of hydrogen-bond donors (Lipinski definition) is 4. The van der Waals surface area contributed by atoms with Gasteiger partial charge in [0.25, 0.3) is 0 Å². The van der Waals surface area contributed by atoms with E-state index >= 15 is 0 Å². The summed E-state index contributed by atoms with van der Waals surface area (Å²) >= 11 is 0. The zero-order valence-corrected chi connectivity index (χ0v) is 11.3. The lowest BCUT2D eigenvalue weighted by Gasteiger charge is -2.23. The minimum absolute atomic E-state index is 0.0545. The standard InChI is InChI=1S/C14H24N2O3/c1-19-14-4-2-10(3-5-14)11(6-12(15)8-17)7-13(16)9-18/h2-5,11-13,17-18H,6-9,15-16H2,1H3. The molecule has 0 fully saturated rings. The van der Waals surface area contributed by atoms with E-state index in [9.17, 15) is 0 Å². The summed E-state index contributed by atoms with van der Waals surface area (Å²) in [5, 5.41) is 18.2. The van der Waals surface area contributed by atoms with E-state index in [1.165, 1.54) is 0 Å². The minimum Gasteiger partial charge on any atom is -0.497 e. The average Bonchev–Trinajstić information content (AvgIpc) is 2.46. The summed E-state index contributed by atoms with van der Waals surface area (Å²) in [6.07, 6.45) is 1.27. The second kappa shape index (κ2) is 8.12. The molecule has 0 spiro atoms. The molecule has 1 aromatic rings. The third kappa shape index (κ3) is 5.16. The number of aliphatic hydroxyl groups is 2. The van der Waals surface area contributed by atoms with Gasteiger partial charge in [-0.25, -0.2) is 0 Å². The van der Waals surface area contributed by atoms with Gasteiger partial charge in [-0.2, -0.15) is 0 Å². The first kappa shape index (κ1) is 15.9. The molecule has 0 aliphatic carbocycles. The number of benzene rings is 1. The molecule has 0 bridgehead atoms. The van der Waals surface area contributed by atoms with Gasteiger partial charge in [0.05, 0.1) is 20.3 Å². The van der Waals surface area contributed by atoms with E-state index in [0.29, 0.717) is 12.8 Å². The van der Waals surface area contributed by atoms with Crippen molar-refractivity contribution in [3.8, 4) is 5.75 Å². The molecule has 1 rings (SSSR count). The zero-order valence-electron chi connectivity index (χ0n) is 11.3. The van der Waals surface area contributed by atoms with E-state index in [1.54, 1.807) is 7.11 Å². The van der Waals surface area contributed by atoms with Crippen LogP contribution in [0.5, 0.6) is 5.75 Å². The first-order chi connectivity index (χ1) is 9.10. The Hall–Kier alpha value is -1.14. The van der Waals surface area contributed by atoms with Gasteiger partial charge in [-0.05, 0) is 36.5 Å². The molecule has 0 aliphatic heterocycles. The first-order valence-electron chi connectivity index (χ1n) is 6.47. The molecule has 0 radical (unpaired) electrons. The number of hydrogen-bond acceptors (Lipinski definition) is 5. The Morgan fingerprint density at radius 1 is 1.00 bits per heavy atom. The van der Waals surface area contributed by atoms with Crippen LogP contribution in [0.3, 0.4) is 0 Å². The summed E-state index contributed by atoms with van der Waals surface area (Å²) in [5.41, 5.74) is 12.7. The predicted molar refractivity (Wildman–Crippen MR) is 75.1 cm³/mol. The Kier molecular flexibility index (Phi) is 6.80. The molecule has 1 aromatic carbocycles. The topological polar surface area (TPSA) is 102 Å². The van der Waals surface area contributed by atoms with Gasteiger partial charge in [0.2, 0.25) is 0 Å². The highest BCUT2D eigenvalue weighted by atomic mass is 16.5. The molecule has 2 unspecified atom stereocenters. The van der Waals surface area contributed by atoms with Crippen LogP contribution >= 0.6 is 0 Å². The lowest BCUT2D eigenvalue weighted by Crippen LogP contribution is -2.31. The molecule has 5 nitrogen and oxygen atoms in total. The van der Waals surface area contributed by atoms with Gasteiger partial charge in [-0.1, -0.05) is 12.1 Å². The van der Waals surface area contributed by atoms with Crippen molar-refractivity contribution in [2.75, 3.05) is 20.3 Å². The molecule has 0 aromatic heterocycles. The molecule has 0 amide bonds. The maximum atomic E-state index is 9.08. The monoisotopic (exact) mass is 268 g/mol. The van der Waals surface area contributed by atoms with Crippen LogP contribution in [-0.2, 0) is 0 Å². The SMILES string of the molecule is COc1ccc(C(CC(N)CO)CC(N)CO)cc1. The van der Waals surface area contributed by atoms with Crippen LogP contribution in [0.25, 0.3) is 0 Å². The van der Waals surface area contributed by atoms with Gasteiger partial charge in [-0.3, -0.25) is 0 Å². The van der Waals surface area contributed by atoms with Gasteiger partial charge in [0.15, 0.2) is 0 Å². The second-order valence-corrected chi connectivity index (χ2v) is 4.83. The summed E-state index contributed by atoms with van der Waals surface area (Å²) < 4.78 is 5.12. The summed E-state index contributed by atoms with van der Waals surface area (Å²) in [4.78, 5) is 0. The second-order valence-electron chi connectivity index (χ2n) is 4.83. The van der Waals surface area contributed by atoms with Crippen LogP contribution in [0.2, 0.25) is 0 Å². The molecule has 5 heteroatoms. The summed E-state index contributed by atoms with van der Waals surface area (Å²) in [7, 11) is 1.62. The molecule has 2 atom stereocenters. The fraction of sp³-hybridized carbons (Fsp3) is 0.571. The lowest BCUT2D eigenvalue weighted by atomic mass is 9.87. The predicted octanol–water partition coefficient (Wildman–Crippen LogP) is 0.198. The number of ether oxygens (including phenoxy) is 1. The molecular formula is C14H24N2O3. The largest absolute Gasteiger partial charge is 0.497 e. The maximum Gasteiger partial charge on any atom is 0.118 e. The van der Waals surface area contributed by atoms with Crippen LogP contribution in [0.15, 0.2) is 24.3 Å². The van der Waals surface area contributed by atoms with Crippen LogP contribution in [-0.4, -0.2) is 42.6 Å². The highest BCUT2D eigenvalue weighted by Crippen LogP contribution is 2.27. The van der Waals surface area contributed by atoms with Crippen molar-refractivity contribution in [1.29, 1.82) is 0 Å². The first-order valence-corrected chi connectivity index (χ1v) is 6.47. The van der Waals surface area contributed by atoms with Gasteiger partial charge in [0.1, 0.15) is 5.75 Å². The van der Waals surface area contributed by atoms with Crippen molar-refractivity contribution in [2.45, 2.75) is 30.8 Å². The van der Waals surface area contributed by atoms with Gasteiger partial charge in [-0.15, -0.1) is 0 Å². The molecular weight excluding hydrogens is 244 g/mol. The van der Waals surface area contributed by atoms with Crippen LogP contribution < -0.4 is 16.2 Å². The van der Waals surface area contributed by atoms with E-state index in [2.05, 4.69) is 0 Å². The summed E-state index contributed by atoms with van der Waals surface area (Å²) in [6.45, 7) is -0.109. The molecule has 19 heavy (non-hydrogen) atoms.